The fraction of sp³-hybridized carbons (Fsp3) is 1.00. The van der Waals surface area contributed by atoms with E-state index in [2.05, 4.69) is 6.92 Å². The van der Waals surface area contributed by atoms with E-state index < -0.39 is 10.4 Å². The van der Waals surface area contributed by atoms with Gasteiger partial charge < -0.3 is 11.3 Å². The molecule has 0 atom stereocenters. The van der Waals surface area contributed by atoms with Gasteiger partial charge in [0.1, 0.15) is 0 Å². The molecule has 0 aromatic rings. The predicted molar refractivity (Wildman–Crippen MR) is 64.3 cm³/mol. The van der Waals surface area contributed by atoms with E-state index in [9.17, 15) is 0 Å². The van der Waals surface area contributed by atoms with Crippen LogP contribution in [0, 0.1) is 0 Å². The van der Waals surface area contributed by atoms with Gasteiger partial charge in [0.15, 0.2) is 0 Å². The summed E-state index contributed by atoms with van der Waals surface area (Å²) in [5.41, 5.74) is 0. The van der Waals surface area contributed by atoms with Crippen LogP contribution in [0.4, 0.5) is 0 Å². The molecular weight excluding hydrogens is 234 g/mol. The molecule has 0 aliphatic heterocycles. The summed E-state index contributed by atoms with van der Waals surface area (Å²) in [5, 5.41) is 8.47. The lowest BCUT2D eigenvalue weighted by molar-refractivity contribution is 0.282. The van der Waals surface area contributed by atoms with Crippen LogP contribution in [-0.4, -0.2) is 29.2 Å². The third-order valence-corrected chi connectivity index (χ3v) is 1.76. The molecule has 0 aromatic heterocycles. The summed E-state index contributed by atoms with van der Waals surface area (Å²) in [6.45, 7) is 2.60. The molecule has 0 aromatic carbocycles. The first-order valence-corrected chi connectivity index (χ1v) is 6.62. The summed E-state index contributed by atoms with van der Waals surface area (Å²) in [5.74, 6) is 0. The van der Waals surface area contributed by atoms with E-state index in [0.29, 0.717) is 6.61 Å². The number of aliphatic hydroxyl groups is 1. The Morgan fingerprint density at radius 3 is 1.50 bits per heavy atom. The van der Waals surface area contributed by atoms with E-state index in [-0.39, 0.29) is 6.15 Å². The van der Waals surface area contributed by atoms with Gasteiger partial charge in [-0.3, -0.25) is 9.11 Å². The fourth-order valence-corrected chi connectivity index (χ4v) is 1.07. The van der Waals surface area contributed by atoms with Crippen molar-refractivity contribution in [1.29, 1.82) is 0 Å². The Hall–Kier alpha value is -0.210. The number of aliphatic hydroxyl groups excluding tert-OH is 1. The van der Waals surface area contributed by atoms with Gasteiger partial charge in [-0.15, -0.1) is 0 Å². The molecule has 0 rings (SSSR count). The van der Waals surface area contributed by atoms with Gasteiger partial charge in [0.25, 0.3) is 0 Å². The Balaban J connectivity index is -0.000000242. The van der Waals surface area contributed by atoms with Crippen LogP contribution in [0.1, 0.15) is 51.9 Å². The minimum atomic E-state index is -4.67. The molecular formula is C9H25NO5S. The SMILES string of the molecule is CCCCCCCCCO.N.O=S(=O)(O)O. The first-order valence-electron chi connectivity index (χ1n) is 5.22. The van der Waals surface area contributed by atoms with Gasteiger partial charge in [0.05, 0.1) is 0 Å². The van der Waals surface area contributed by atoms with Gasteiger partial charge in [-0.05, 0) is 6.42 Å². The lowest BCUT2D eigenvalue weighted by Gasteiger charge is -1.97. The molecule has 0 bridgehead atoms. The fourth-order valence-electron chi connectivity index (χ4n) is 1.07. The summed E-state index contributed by atoms with van der Waals surface area (Å²) in [7, 11) is -4.67. The van der Waals surface area contributed by atoms with Crippen molar-refractivity contribution in [2.24, 2.45) is 0 Å². The Morgan fingerprint density at radius 1 is 0.875 bits per heavy atom. The van der Waals surface area contributed by atoms with Gasteiger partial charge in [0, 0.05) is 6.61 Å². The standard InChI is InChI=1S/C9H20O.H3N.H2O4S/c1-2-3-4-5-6-7-8-9-10;;1-5(2,3)4/h10H,2-9H2,1H3;1H3;(H2,1,2,3,4). The van der Waals surface area contributed by atoms with Crippen molar-refractivity contribution in [2.45, 2.75) is 51.9 Å². The Morgan fingerprint density at radius 2 is 1.19 bits per heavy atom. The van der Waals surface area contributed by atoms with Crippen LogP contribution in [0.5, 0.6) is 0 Å². The van der Waals surface area contributed by atoms with Crippen LogP contribution in [0.15, 0.2) is 0 Å². The third kappa shape index (κ3) is 48.9. The molecule has 0 saturated carbocycles. The number of unbranched alkanes of at least 4 members (excludes halogenated alkanes) is 6. The number of hydrogen-bond donors (Lipinski definition) is 4. The Kier molecular flexibility index (Phi) is 19.5. The smallest absolute Gasteiger partial charge is 0.394 e. The van der Waals surface area contributed by atoms with Crippen LogP contribution in [-0.2, 0) is 10.4 Å². The third-order valence-electron chi connectivity index (χ3n) is 1.76. The largest absolute Gasteiger partial charge is 0.396 e. The molecule has 0 amide bonds. The van der Waals surface area contributed by atoms with E-state index in [4.69, 9.17) is 22.6 Å². The number of hydrogen-bond acceptors (Lipinski definition) is 4. The summed E-state index contributed by atoms with van der Waals surface area (Å²) >= 11 is 0. The Labute approximate surface area is 98.2 Å². The van der Waals surface area contributed by atoms with Crippen molar-refractivity contribution >= 4 is 10.4 Å². The zero-order valence-corrected chi connectivity index (χ0v) is 10.7. The summed E-state index contributed by atoms with van der Waals surface area (Å²) in [6.07, 6.45) is 8.93. The molecule has 0 fully saturated rings. The van der Waals surface area contributed by atoms with Gasteiger partial charge in [-0.2, -0.15) is 8.42 Å². The molecule has 0 aliphatic carbocycles. The zero-order valence-electron chi connectivity index (χ0n) is 9.93. The topological polar surface area (TPSA) is 130 Å². The lowest BCUT2D eigenvalue weighted by Crippen LogP contribution is -1.89. The molecule has 0 heterocycles. The summed E-state index contributed by atoms with van der Waals surface area (Å²) in [6, 6.07) is 0. The average molecular weight is 259 g/mol. The highest BCUT2D eigenvalue weighted by Crippen LogP contribution is 2.05. The highest BCUT2D eigenvalue weighted by molar-refractivity contribution is 7.79. The van der Waals surface area contributed by atoms with Crippen LogP contribution < -0.4 is 6.15 Å². The molecule has 16 heavy (non-hydrogen) atoms. The molecule has 6 N–H and O–H groups in total. The van der Waals surface area contributed by atoms with Crippen molar-refractivity contribution in [3.05, 3.63) is 0 Å². The zero-order chi connectivity index (χ0) is 12.2. The normalized spacial score (nSPS) is 10.0. The first-order chi connectivity index (χ1) is 6.91. The average Bonchev–Trinajstić information content (AvgIpc) is 2.08. The minimum absolute atomic E-state index is 0. The molecule has 7 heteroatoms. The molecule has 0 spiro atoms. The van der Waals surface area contributed by atoms with Crippen molar-refractivity contribution in [1.82, 2.24) is 6.15 Å². The molecule has 102 valence electrons. The van der Waals surface area contributed by atoms with Crippen molar-refractivity contribution in [2.75, 3.05) is 6.61 Å². The maximum Gasteiger partial charge on any atom is 0.394 e. The summed E-state index contributed by atoms with van der Waals surface area (Å²) < 4.78 is 31.6. The molecule has 0 unspecified atom stereocenters. The van der Waals surface area contributed by atoms with Gasteiger partial charge in [0.2, 0.25) is 0 Å². The molecule has 6 nitrogen and oxygen atoms in total. The van der Waals surface area contributed by atoms with Crippen molar-refractivity contribution in [3.8, 4) is 0 Å². The quantitative estimate of drug-likeness (QED) is 0.409. The van der Waals surface area contributed by atoms with E-state index >= 15 is 0 Å². The predicted octanol–water partition coefficient (Wildman–Crippen LogP) is 2.24. The second-order valence-corrected chi connectivity index (χ2v) is 4.19. The van der Waals surface area contributed by atoms with E-state index in [1.165, 1.54) is 38.5 Å². The Bertz CT molecular complexity index is 190. The molecule has 0 radical (unpaired) electrons. The van der Waals surface area contributed by atoms with E-state index in [1.54, 1.807) is 0 Å². The van der Waals surface area contributed by atoms with Crippen LogP contribution in [0.25, 0.3) is 0 Å². The highest BCUT2D eigenvalue weighted by Gasteiger charge is 1.88. The van der Waals surface area contributed by atoms with Crippen molar-refractivity contribution in [3.63, 3.8) is 0 Å². The molecule has 0 saturated heterocycles. The maximum absolute atomic E-state index is 8.74. The van der Waals surface area contributed by atoms with Gasteiger partial charge in [-0.25, -0.2) is 0 Å². The molecule has 0 aliphatic rings. The monoisotopic (exact) mass is 259 g/mol. The van der Waals surface area contributed by atoms with Crippen LogP contribution in [0.2, 0.25) is 0 Å². The van der Waals surface area contributed by atoms with Crippen LogP contribution >= 0.6 is 0 Å². The maximum atomic E-state index is 8.74. The van der Waals surface area contributed by atoms with E-state index in [1.807, 2.05) is 0 Å². The van der Waals surface area contributed by atoms with Gasteiger partial charge in [-0.1, -0.05) is 45.4 Å². The second kappa shape index (κ2) is 14.8. The minimum Gasteiger partial charge on any atom is -0.396 e. The van der Waals surface area contributed by atoms with Gasteiger partial charge >= 0.3 is 10.4 Å². The highest BCUT2D eigenvalue weighted by atomic mass is 32.3. The second-order valence-electron chi connectivity index (χ2n) is 3.29. The lowest BCUT2D eigenvalue weighted by atomic mass is 10.1. The van der Waals surface area contributed by atoms with E-state index in [0.717, 1.165) is 6.42 Å². The number of rotatable bonds is 7. The first kappa shape index (κ1) is 21.1. The van der Waals surface area contributed by atoms with Crippen molar-refractivity contribution < 1.29 is 22.6 Å². The van der Waals surface area contributed by atoms with Crippen LogP contribution in [0.3, 0.4) is 0 Å². The summed E-state index contributed by atoms with van der Waals surface area (Å²) in [4.78, 5) is 0.